The van der Waals surface area contributed by atoms with Crippen molar-refractivity contribution in [2.45, 2.75) is 6.54 Å². The third-order valence-corrected chi connectivity index (χ3v) is 3.51. The van der Waals surface area contributed by atoms with Crippen molar-refractivity contribution in [3.8, 4) is 0 Å². The lowest BCUT2D eigenvalue weighted by Crippen LogP contribution is -2.30. The van der Waals surface area contributed by atoms with Crippen LogP contribution in [0, 0.1) is 11.6 Å². The molecule has 2 aromatic carbocycles. The van der Waals surface area contributed by atoms with Gasteiger partial charge in [-0.3, -0.25) is 14.5 Å². The van der Waals surface area contributed by atoms with Crippen molar-refractivity contribution in [1.29, 1.82) is 0 Å². The minimum atomic E-state index is -0.880. The van der Waals surface area contributed by atoms with Gasteiger partial charge in [0.2, 0.25) is 0 Å². The van der Waals surface area contributed by atoms with E-state index in [9.17, 15) is 18.4 Å². The first-order valence-corrected chi connectivity index (χ1v) is 6.45. The highest BCUT2D eigenvalue weighted by Gasteiger charge is 2.38. The van der Waals surface area contributed by atoms with Crippen LogP contribution in [0.25, 0.3) is 0 Å². The summed E-state index contributed by atoms with van der Waals surface area (Å²) in [4.78, 5) is 24.7. The summed E-state index contributed by atoms with van der Waals surface area (Å²) in [5.41, 5.74) is -0.0194. The maximum absolute atomic E-state index is 13.9. The molecule has 1 aliphatic rings. The molecule has 3 nitrogen and oxygen atoms in total. The maximum Gasteiger partial charge on any atom is 0.299 e. The molecule has 0 spiro atoms. The van der Waals surface area contributed by atoms with Gasteiger partial charge in [0.25, 0.3) is 11.7 Å². The van der Waals surface area contributed by atoms with Crippen LogP contribution in [0.3, 0.4) is 0 Å². The predicted molar refractivity (Wildman–Crippen MR) is 73.3 cm³/mol. The Morgan fingerprint density at radius 1 is 1.05 bits per heavy atom. The predicted octanol–water partition coefficient (Wildman–Crippen LogP) is 3.35. The van der Waals surface area contributed by atoms with E-state index < -0.39 is 23.3 Å². The van der Waals surface area contributed by atoms with Crippen LogP contribution < -0.4 is 4.90 Å². The van der Waals surface area contributed by atoms with Gasteiger partial charge in [0.05, 0.1) is 17.8 Å². The average Bonchev–Trinajstić information content (AvgIpc) is 2.69. The van der Waals surface area contributed by atoms with Crippen LogP contribution in [0.4, 0.5) is 14.5 Å². The zero-order valence-electron chi connectivity index (χ0n) is 10.6. The SMILES string of the molecule is O=C1C(=O)N(Cc2cc(Cl)ccc2F)c2c(F)cccc21. The molecule has 0 radical (unpaired) electrons. The first-order chi connectivity index (χ1) is 9.99. The maximum atomic E-state index is 13.9. The van der Waals surface area contributed by atoms with E-state index >= 15 is 0 Å². The molecule has 106 valence electrons. The van der Waals surface area contributed by atoms with Gasteiger partial charge < -0.3 is 0 Å². The van der Waals surface area contributed by atoms with Crippen molar-refractivity contribution in [2.24, 2.45) is 0 Å². The van der Waals surface area contributed by atoms with Crippen LogP contribution in [0.5, 0.6) is 0 Å². The zero-order chi connectivity index (χ0) is 15.1. The molecule has 6 heteroatoms. The molecule has 0 fully saturated rings. The summed E-state index contributed by atoms with van der Waals surface area (Å²) in [5.74, 6) is -2.96. The molecule has 0 saturated carbocycles. The second-order valence-corrected chi connectivity index (χ2v) is 5.03. The smallest absolute Gasteiger partial charge is 0.297 e. The number of benzene rings is 2. The average molecular weight is 308 g/mol. The normalized spacial score (nSPS) is 13.8. The highest BCUT2D eigenvalue weighted by Crippen LogP contribution is 2.33. The number of halogens is 3. The summed E-state index contributed by atoms with van der Waals surface area (Å²) in [6.45, 7) is -0.259. The molecule has 1 heterocycles. The fraction of sp³-hybridized carbons (Fsp3) is 0.0667. The van der Waals surface area contributed by atoms with Crippen molar-refractivity contribution in [2.75, 3.05) is 4.90 Å². The number of carbonyl (C=O) groups excluding carboxylic acids is 2. The van der Waals surface area contributed by atoms with Crippen LogP contribution in [0.15, 0.2) is 36.4 Å². The van der Waals surface area contributed by atoms with E-state index in [0.717, 1.165) is 17.0 Å². The summed E-state index contributed by atoms with van der Waals surface area (Å²) in [5, 5.41) is 0.290. The summed E-state index contributed by atoms with van der Waals surface area (Å²) in [6.07, 6.45) is 0. The molecule has 1 aliphatic heterocycles. The molecule has 0 aliphatic carbocycles. The number of hydrogen-bond donors (Lipinski definition) is 0. The number of hydrogen-bond acceptors (Lipinski definition) is 2. The Bertz CT molecular complexity index is 776. The van der Waals surface area contributed by atoms with Crippen molar-refractivity contribution < 1.29 is 18.4 Å². The molecule has 3 rings (SSSR count). The van der Waals surface area contributed by atoms with Crippen LogP contribution in [-0.2, 0) is 11.3 Å². The van der Waals surface area contributed by atoms with Gasteiger partial charge in [0.1, 0.15) is 11.6 Å². The Labute approximate surface area is 123 Å². The lowest BCUT2D eigenvalue weighted by molar-refractivity contribution is -0.114. The van der Waals surface area contributed by atoms with Gasteiger partial charge in [-0.2, -0.15) is 0 Å². The molecule has 0 bridgehead atoms. The number of para-hydroxylation sites is 1. The summed E-state index contributed by atoms with van der Waals surface area (Å²) >= 11 is 5.79. The summed E-state index contributed by atoms with van der Waals surface area (Å²) < 4.78 is 27.7. The van der Waals surface area contributed by atoms with Crippen molar-refractivity contribution in [3.05, 3.63) is 64.2 Å². The second-order valence-electron chi connectivity index (χ2n) is 4.59. The van der Waals surface area contributed by atoms with Gasteiger partial charge in [0.15, 0.2) is 0 Å². The topological polar surface area (TPSA) is 37.4 Å². The minimum Gasteiger partial charge on any atom is -0.297 e. The number of ketones is 1. The molecule has 1 amide bonds. The Kier molecular flexibility index (Phi) is 3.22. The molecule has 21 heavy (non-hydrogen) atoms. The Hall–Kier alpha value is -2.27. The zero-order valence-corrected chi connectivity index (χ0v) is 11.3. The molecular weight excluding hydrogens is 300 g/mol. The molecular formula is C15H8ClF2NO2. The van der Waals surface area contributed by atoms with Gasteiger partial charge in [0, 0.05) is 10.6 Å². The molecule has 0 atom stereocenters. The highest BCUT2D eigenvalue weighted by molar-refractivity contribution is 6.52. The molecule has 0 N–H and O–H groups in total. The Morgan fingerprint density at radius 2 is 1.81 bits per heavy atom. The largest absolute Gasteiger partial charge is 0.299 e. The van der Waals surface area contributed by atoms with E-state index in [-0.39, 0.29) is 28.4 Å². The van der Waals surface area contributed by atoms with Crippen molar-refractivity contribution >= 4 is 29.0 Å². The van der Waals surface area contributed by atoms with Gasteiger partial charge in [-0.15, -0.1) is 0 Å². The Morgan fingerprint density at radius 3 is 2.57 bits per heavy atom. The molecule has 0 aromatic heterocycles. The molecule has 0 saturated heterocycles. The van der Waals surface area contributed by atoms with Crippen molar-refractivity contribution in [1.82, 2.24) is 0 Å². The fourth-order valence-corrected chi connectivity index (χ4v) is 2.49. The summed E-state index contributed by atoms with van der Waals surface area (Å²) in [7, 11) is 0. The third kappa shape index (κ3) is 2.19. The van der Waals surface area contributed by atoms with E-state index in [0.29, 0.717) is 0 Å². The number of nitrogens with zero attached hydrogens (tertiary/aromatic N) is 1. The second kappa shape index (κ2) is 4.93. The van der Waals surface area contributed by atoms with Crippen LogP contribution in [0.1, 0.15) is 15.9 Å². The monoisotopic (exact) mass is 307 g/mol. The molecule has 2 aromatic rings. The quantitative estimate of drug-likeness (QED) is 0.798. The lowest BCUT2D eigenvalue weighted by Gasteiger charge is -2.17. The van der Waals surface area contributed by atoms with E-state index in [4.69, 9.17) is 11.6 Å². The van der Waals surface area contributed by atoms with E-state index in [1.54, 1.807) is 0 Å². The number of anilines is 1. The first kappa shape index (κ1) is 13.7. The van der Waals surface area contributed by atoms with E-state index in [1.807, 2.05) is 0 Å². The minimum absolute atomic E-state index is 0.0116. The van der Waals surface area contributed by atoms with Crippen LogP contribution in [0.2, 0.25) is 5.02 Å². The standard InChI is InChI=1S/C15H8ClF2NO2/c16-9-4-5-11(17)8(6-9)7-19-13-10(14(20)15(19)21)2-1-3-12(13)18/h1-6H,7H2. The van der Waals surface area contributed by atoms with Gasteiger partial charge in [-0.05, 0) is 30.3 Å². The van der Waals surface area contributed by atoms with Gasteiger partial charge in [-0.25, -0.2) is 8.78 Å². The third-order valence-electron chi connectivity index (χ3n) is 3.28. The lowest BCUT2D eigenvalue weighted by atomic mass is 10.1. The van der Waals surface area contributed by atoms with E-state index in [1.165, 1.54) is 24.3 Å². The van der Waals surface area contributed by atoms with Crippen molar-refractivity contribution in [3.63, 3.8) is 0 Å². The molecule has 0 unspecified atom stereocenters. The highest BCUT2D eigenvalue weighted by atomic mass is 35.5. The number of carbonyl (C=O) groups is 2. The van der Waals surface area contributed by atoms with Crippen LogP contribution >= 0.6 is 11.6 Å². The number of fused-ring (bicyclic) bond motifs is 1. The number of rotatable bonds is 2. The fourth-order valence-electron chi connectivity index (χ4n) is 2.30. The first-order valence-electron chi connectivity index (χ1n) is 6.07. The number of Topliss-reactive ketones (excluding diaryl/α,β-unsaturated/α-hetero) is 1. The van der Waals surface area contributed by atoms with E-state index in [2.05, 4.69) is 0 Å². The number of amides is 1. The van der Waals surface area contributed by atoms with Gasteiger partial charge >= 0.3 is 0 Å². The Balaban J connectivity index is 2.06. The van der Waals surface area contributed by atoms with Crippen LogP contribution in [-0.4, -0.2) is 11.7 Å². The van der Waals surface area contributed by atoms with Gasteiger partial charge in [-0.1, -0.05) is 17.7 Å². The summed E-state index contributed by atoms with van der Waals surface area (Å²) in [6, 6.07) is 7.73.